The minimum absolute atomic E-state index is 0.0626. The minimum Gasteiger partial charge on any atom is -0.494 e. The number of anilines is 1. The van der Waals surface area contributed by atoms with Gasteiger partial charge >= 0.3 is 5.97 Å². The number of nitro benzene ring substituents is 1. The van der Waals surface area contributed by atoms with E-state index in [1.165, 1.54) is 30.0 Å². The maximum Gasteiger partial charge on any atom is 0.359 e. The summed E-state index contributed by atoms with van der Waals surface area (Å²) in [7, 11) is 1.31. The number of nitrogens with zero attached hydrogens (tertiary/aromatic N) is 3. The number of ether oxygens (including phenoxy) is 2. The van der Waals surface area contributed by atoms with Crippen LogP contribution >= 0.6 is 0 Å². The van der Waals surface area contributed by atoms with Gasteiger partial charge in [0.05, 0.1) is 29.2 Å². The van der Waals surface area contributed by atoms with E-state index < -0.39 is 23.4 Å². The van der Waals surface area contributed by atoms with Crippen molar-refractivity contribution in [3.8, 4) is 5.75 Å². The first-order valence-electron chi connectivity index (χ1n) is 10.6. The van der Waals surface area contributed by atoms with Crippen LogP contribution in [0.4, 0.5) is 11.4 Å². The van der Waals surface area contributed by atoms with E-state index in [0.717, 1.165) is 19.3 Å². The van der Waals surface area contributed by atoms with Crippen LogP contribution in [-0.4, -0.2) is 40.3 Å². The molecule has 0 saturated heterocycles. The summed E-state index contributed by atoms with van der Waals surface area (Å²) in [4.78, 5) is 48.2. The maximum absolute atomic E-state index is 12.8. The van der Waals surface area contributed by atoms with E-state index in [1.54, 1.807) is 24.3 Å². The molecule has 11 nitrogen and oxygen atoms in total. The molecule has 0 aliphatic heterocycles. The molecule has 0 atom stereocenters. The Morgan fingerprint density at radius 1 is 1.15 bits per heavy atom. The van der Waals surface area contributed by atoms with Crippen molar-refractivity contribution in [2.45, 2.75) is 32.7 Å². The number of nitro groups is 1. The van der Waals surface area contributed by atoms with E-state index in [0.29, 0.717) is 17.3 Å². The molecule has 0 fully saturated rings. The Kier molecular flexibility index (Phi) is 7.91. The summed E-state index contributed by atoms with van der Waals surface area (Å²) in [5, 5.41) is 18.3. The molecule has 0 unspecified atom stereocenters. The number of methoxy groups -OCH3 is 1. The fourth-order valence-corrected chi connectivity index (χ4v) is 3.33. The van der Waals surface area contributed by atoms with Crippen LogP contribution in [0, 0.1) is 10.1 Å². The van der Waals surface area contributed by atoms with Crippen LogP contribution in [0.25, 0.3) is 10.8 Å². The lowest BCUT2D eigenvalue weighted by Gasteiger charge is -2.12. The van der Waals surface area contributed by atoms with Crippen LogP contribution in [0.1, 0.15) is 36.7 Å². The zero-order valence-electron chi connectivity index (χ0n) is 18.8. The molecule has 0 aliphatic carbocycles. The number of carbonyl (C=O) groups excluding carboxylic acids is 2. The number of esters is 1. The largest absolute Gasteiger partial charge is 0.494 e. The van der Waals surface area contributed by atoms with Gasteiger partial charge < -0.3 is 14.8 Å². The van der Waals surface area contributed by atoms with E-state index in [1.807, 2.05) is 6.92 Å². The van der Waals surface area contributed by atoms with Crippen molar-refractivity contribution in [2.75, 3.05) is 19.0 Å². The zero-order valence-corrected chi connectivity index (χ0v) is 18.8. The molecule has 0 saturated carbocycles. The van der Waals surface area contributed by atoms with Crippen LogP contribution in [0.2, 0.25) is 0 Å². The van der Waals surface area contributed by atoms with Gasteiger partial charge in [-0.25, -0.2) is 9.48 Å². The lowest BCUT2D eigenvalue weighted by atomic mass is 10.1. The lowest BCUT2D eigenvalue weighted by Crippen LogP contribution is -2.28. The highest BCUT2D eigenvalue weighted by Crippen LogP contribution is 2.29. The summed E-state index contributed by atoms with van der Waals surface area (Å²) < 4.78 is 11.5. The molecule has 1 amide bonds. The first kappa shape index (κ1) is 24.4. The third kappa shape index (κ3) is 5.55. The van der Waals surface area contributed by atoms with E-state index in [4.69, 9.17) is 9.47 Å². The van der Waals surface area contributed by atoms with Gasteiger partial charge in [0.25, 0.3) is 17.2 Å². The third-order valence-electron chi connectivity index (χ3n) is 5.04. The Hall–Kier alpha value is -4.28. The molecule has 2 aromatic carbocycles. The second-order valence-corrected chi connectivity index (χ2v) is 7.40. The summed E-state index contributed by atoms with van der Waals surface area (Å²) >= 11 is 0. The van der Waals surface area contributed by atoms with Gasteiger partial charge in [-0.05, 0) is 18.6 Å². The minimum atomic E-state index is -0.855. The quantitative estimate of drug-likeness (QED) is 0.207. The van der Waals surface area contributed by atoms with Crippen molar-refractivity contribution in [3.63, 3.8) is 0 Å². The summed E-state index contributed by atoms with van der Waals surface area (Å²) in [6.45, 7) is 1.76. The smallest absolute Gasteiger partial charge is 0.359 e. The average molecular weight is 468 g/mol. The number of hydrogen-bond donors (Lipinski definition) is 1. The van der Waals surface area contributed by atoms with Gasteiger partial charge in [0.15, 0.2) is 12.3 Å². The SMILES string of the molecule is CCCCCn1nc(C(=O)OCC(=O)Nc2ccc([N+](=O)[O-])cc2OC)c2ccccc2c1=O. The molecule has 34 heavy (non-hydrogen) atoms. The predicted molar refractivity (Wildman–Crippen MR) is 124 cm³/mol. The highest BCUT2D eigenvalue weighted by atomic mass is 16.6. The molecule has 0 bridgehead atoms. The Bertz CT molecular complexity index is 1290. The molecular formula is C23H24N4O7. The number of nitrogens with one attached hydrogen (secondary N) is 1. The number of benzene rings is 2. The number of non-ortho nitro benzene ring substituents is 1. The van der Waals surface area contributed by atoms with Crippen molar-refractivity contribution in [3.05, 3.63) is 68.6 Å². The first-order valence-corrected chi connectivity index (χ1v) is 10.6. The van der Waals surface area contributed by atoms with Gasteiger partial charge in [-0.15, -0.1) is 0 Å². The van der Waals surface area contributed by atoms with Gasteiger partial charge in [0, 0.05) is 18.0 Å². The fourth-order valence-electron chi connectivity index (χ4n) is 3.33. The highest BCUT2D eigenvalue weighted by Gasteiger charge is 2.20. The molecular weight excluding hydrogens is 444 g/mol. The normalized spacial score (nSPS) is 10.6. The number of aryl methyl sites for hydroxylation is 1. The molecule has 11 heteroatoms. The van der Waals surface area contributed by atoms with Crippen molar-refractivity contribution < 1.29 is 24.0 Å². The summed E-state index contributed by atoms with van der Waals surface area (Å²) in [6.07, 6.45) is 2.61. The molecule has 3 aromatic rings. The molecule has 0 aliphatic rings. The average Bonchev–Trinajstić information content (AvgIpc) is 2.84. The number of hydrogen-bond acceptors (Lipinski definition) is 8. The van der Waals surface area contributed by atoms with E-state index in [-0.39, 0.29) is 28.4 Å². The molecule has 1 N–H and O–H groups in total. The molecule has 1 aromatic heterocycles. The van der Waals surface area contributed by atoms with Crippen LogP contribution in [0.5, 0.6) is 5.75 Å². The number of fused-ring (bicyclic) bond motifs is 1. The van der Waals surface area contributed by atoms with Crippen LogP contribution in [0.15, 0.2) is 47.3 Å². The summed E-state index contributed by atoms with van der Waals surface area (Å²) in [5.74, 6) is -1.45. The van der Waals surface area contributed by atoms with Crippen LogP contribution in [0.3, 0.4) is 0 Å². The zero-order chi connectivity index (χ0) is 24.7. The molecule has 0 radical (unpaired) electrons. The van der Waals surface area contributed by atoms with Gasteiger partial charge in [0.2, 0.25) is 0 Å². The Labute approximate surface area is 194 Å². The van der Waals surface area contributed by atoms with Gasteiger partial charge in [-0.2, -0.15) is 5.10 Å². The lowest BCUT2D eigenvalue weighted by molar-refractivity contribution is -0.384. The monoisotopic (exact) mass is 468 g/mol. The highest BCUT2D eigenvalue weighted by molar-refractivity contribution is 6.03. The summed E-state index contributed by atoms with van der Waals surface area (Å²) in [6, 6.07) is 10.3. The Morgan fingerprint density at radius 3 is 2.56 bits per heavy atom. The number of unbranched alkanes of at least 4 members (excludes halogenated alkanes) is 2. The second-order valence-electron chi connectivity index (χ2n) is 7.40. The number of aromatic nitrogens is 2. The number of amides is 1. The standard InChI is InChI=1S/C23H24N4O7/c1-3-4-7-12-26-22(29)17-9-6-5-8-16(17)21(25-26)23(30)34-14-20(28)24-18-11-10-15(27(31)32)13-19(18)33-2/h5-6,8-11,13H,3-4,7,12,14H2,1-2H3,(H,24,28). The third-order valence-corrected chi connectivity index (χ3v) is 5.04. The van der Waals surface area contributed by atoms with Gasteiger partial charge in [-0.3, -0.25) is 19.7 Å². The molecule has 0 spiro atoms. The van der Waals surface area contributed by atoms with Gasteiger partial charge in [-0.1, -0.05) is 38.0 Å². The number of rotatable bonds is 10. The fraction of sp³-hybridized carbons (Fsp3) is 0.304. The van der Waals surface area contributed by atoms with E-state index in [9.17, 15) is 24.5 Å². The Balaban J connectivity index is 1.76. The van der Waals surface area contributed by atoms with Gasteiger partial charge in [0.1, 0.15) is 5.75 Å². The van der Waals surface area contributed by atoms with Crippen molar-refractivity contribution >= 4 is 34.0 Å². The van der Waals surface area contributed by atoms with Crippen molar-refractivity contribution in [2.24, 2.45) is 0 Å². The molecule has 178 valence electrons. The van der Waals surface area contributed by atoms with Crippen molar-refractivity contribution in [1.82, 2.24) is 9.78 Å². The second kappa shape index (κ2) is 11.0. The molecule has 3 rings (SSSR count). The van der Waals surface area contributed by atoms with Crippen LogP contribution < -0.4 is 15.6 Å². The maximum atomic E-state index is 12.8. The number of carbonyl (C=O) groups is 2. The summed E-state index contributed by atoms with van der Waals surface area (Å²) in [5.41, 5.74) is -0.380. The van der Waals surface area contributed by atoms with Crippen LogP contribution in [-0.2, 0) is 16.1 Å². The first-order chi connectivity index (χ1) is 16.3. The van der Waals surface area contributed by atoms with E-state index in [2.05, 4.69) is 10.4 Å². The van der Waals surface area contributed by atoms with Crippen molar-refractivity contribution in [1.29, 1.82) is 0 Å². The van der Waals surface area contributed by atoms with E-state index >= 15 is 0 Å². The topological polar surface area (TPSA) is 143 Å². The molecule has 1 heterocycles. The predicted octanol–water partition coefficient (Wildman–Crippen LogP) is 3.30. The Morgan fingerprint density at radius 2 is 1.88 bits per heavy atom.